The van der Waals surface area contributed by atoms with Gasteiger partial charge in [0, 0.05) is 30.1 Å². The lowest BCUT2D eigenvalue weighted by molar-refractivity contribution is -0.126. The second kappa shape index (κ2) is 8.29. The van der Waals surface area contributed by atoms with Crippen molar-refractivity contribution in [3.05, 3.63) is 71.8 Å². The molecular formula is C20H22N4O2. The van der Waals surface area contributed by atoms with Crippen molar-refractivity contribution >= 4 is 17.6 Å². The number of hydrogen-bond acceptors (Lipinski definition) is 3. The largest absolute Gasteiger partial charge is 0.351 e. The van der Waals surface area contributed by atoms with Crippen LogP contribution in [-0.4, -0.2) is 35.6 Å². The average molecular weight is 350 g/mol. The second-order valence-corrected chi connectivity index (χ2v) is 6.27. The number of hydrogen-bond donors (Lipinski definition) is 2. The van der Waals surface area contributed by atoms with Gasteiger partial charge in [-0.15, -0.1) is 0 Å². The van der Waals surface area contributed by atoms with E-state index in [9.17, 15) is 9.59 Å². The third kappa shape index (κ3) is 4.27. The first-order chi connectivity index (χ1) is 12.6. The molecule has 1 aliphatic heterocycles. The fourth-order valence-electron chi connectivity index (χ4n) is 3.05. The van der Waals surface area contributed by atoms with Gasteiger partial charge in [0.15, 0.2) is 0 Å². The van der Waals surface area contributed by atoms with Crippen LogP contribution in [0.2, 0.25) is 0 Å². The van der Waals surface area contributed by atoms with Gasteiger partial charge in [0.05, 0.1) is 5.71 Å². The Balaban J connectivity index is 1.73. The van der Waals surface area contributed by atoms with Gasteiger partial charge in [0.1, 0.15) is 0 Å². The Morgan fingerprint density at radius 1 is 0.923 bits per heavy atom. The lowest BCUT2D eigenvalue weighted by atomic mass is 9.96. The molecule has 1 heterocycles. The Kier molecular flexibility index (Phi) is 5.63. The SMILES string of the molecule is NC(=O)N1CCC(C(=O)NN=C(c2ccccc2)c2ccccc2)CC1. The molecule has 0 atom stereocenters. The van der Waals surface area contributed by atoms with E-state index >= 15 is 0 Å². The van der Waals surface area contributed by atoms with E-state index in [2.05, 4.69) is 10.5 Å². The number of carbonyl (C=O) groups excluding carboxylic acids is 2. The number of likely N-dealkylation sites (tertiary alicyclic amines) is 1. The molecule has 2 aromatic carbocycles. The summed E-state index contributed by atoms with van der Waals surface area (Å²) in [7, 11) is 0. The number of piperidine rings is 1. The predicted molar refractivity (Wildman–Crippen MR) is 101 cm³/mol. The normalized spacial score (nSPS) is 14.5. The van der Waals surface area contributed by atoms with Crippen molar-refractivity contribution in [1.29, 1.82) is 0 Å². The number of primary amides is 1. The third-order valence-electron chi connectivity index (χ3n) is 4.55. The van der Waals surface area contributed by atoms with E-state index in [1.165, 1.54) is 0 Å². The van der Waals surface area contributed by atoms with Gasteiger partial charge in [-0.05, 0) is 12.8 Å². The number of hydrazone groups is 1. The summed E-state index contributed by atoms with van der Waals surface area (Å²) >= 11 is 0. The maximum Gasteiger partial charge on any atom is 0.314 e. The quantitative estimate of drug-likeness (QED) is 0.655. The van der Waals surface area contributed by atoms with Crippen LogP contribution < -0.4 is 11.2 Å². The van der Waals surface area contributed by atoms with Gasteiger partial charge < -0.3 is 10.6 Å². The fourth-order valence-corrected chi connectivity index (χ4v) is 3.05. The maximum absolute atomic E-state index is 12.5. The number of nitrogens with one attached hydrogen (secondary N) is 1. The zero-order valence-corrected chi connectivity index (χ0v) is 14.5. The molecule has 134 valence electrons. The summed E-state index contributed by atoms with van der Waals surface area (Å²) in [5, 5.41) is 4.41. The Morgan fingerprint density at radius 2 is 1.42 bits per heavy atom. The van der Waals surface area contributed by atoms with Crippen molar-refractivity contribution < 1.29 is 9.59 Å². The number of carbonyl (C=O) groups is 2. The summed E-state index contributed by atoms with van der Waals surface area (Å²) in [6.07, 6.45) is 1.19. The molecule has 0 unspecified atom stereocenters. The van der Waals surface area contributed by atoms with Crippen molar-refractivity contribution in [1.82, 2.24) is 10.3 Å². The van der Waals surface area contributed by atoms with Crippen LogP contribution in [0.1, 0.15) is 24.0 Å². The lowest BCUT2D eigenvalue weighted by Gasteiger charge is -2.29. The van der Waals surface area contributed by atoms with Crippen molar-refractivity contribution in [2.45, 2.75) is 12.8 Å². The first kappa shape index (κ1) is 17.7. The molecule has 0 radical (unpaired) electrons. The molecule has 3 amide bonds. The molecule has 1 fully saturated rings. The first-order valence-corrected chi connectivity index (χ1v) is 8.68. The smallest absolute Gasteiger partial charge is 0.314 e. The minimum absolute atomic E-state index is 0.126. The van der Waals surface area contributed by atoms with E-state index in [0.717, 1.165) is 11.1 Å². The maximum atomic E-state index is 12.5. The standard InChI is InChI=1S/C20H22N4O2/c21-20(26)24-13-11-17(12-14-24)19(25)23-22-18(15-7-3-1-4-8-15)16-9-5-2-6-10-16/h1-10,17H,11-14H2,(H2,21,26)(H,23,25). The molecule has 6 heteroatoms. The summed E-state index contributed by atoms with van der Waals surface area (Å²) in [4.78, 5) is 25.2. The topological polar surface area (TPSA) is 87.8 Å². The molecule has 0 aromatic heterocycles. The first-order valence-electron chi connectivity index (χ1n) is 8.68. The van der Waals surface area contributed by atoms with Gasteiger partial charge in [-0.3, -0.25) is 4.79 Å². The Hall–Kier alpha value is -3.15. The molecule has 0 aliphatic carbocycles. The molecule has 1 aliphatic rings. The highest BCUT2D eigenvalue weighted by molar-refractivity contribution is 6.13. The van der Waals surface area contributed by atoms with E-state index in [-0.39, 0.29) is 11.8 Å². The monoisotopic (exact) mass is 350 g/mol. The molecule has 3 rings (SSSR count). The molecule has 2 aromatic rings. The summed E-state index contributed by atoms with van der Waals surface area (Å²) in [5.41, 5.74) is 10.6. The van der Waals surface area contributed by atoms with Crippen molar-refractivity contribution in [2.75, 3.05) is 13.1 Å². The van der Waals surface area contributed by atoms with Gasteiger partial charge in [-0.25, -0.2) is 10.2 Å². The van der Waals surface area contributed by atoms with Crippen LogP contribution in [0.5, 0.6) is 0 Å². The number of rotatable bonds is 4. The second-order valence-electron chi connectivity index (χ2n) is 6.27. The van der Waals surface area contributed by atoms with E-state index in [1.54, 1.807) is 4.90 Å². The molecular weight excluding hydrogens is 328 g/mol. The molecule has 6 nitrogen and oxygen atoms in total. The molecule has 3 N–H and O–H groups in total. The highest BCUT2D eigenvalue weighted by Gasteiger charge is 2.26. The van der Waals surface area contributed by atoms with Gasteiger partial charge in [0.25, 0.3) is 0 Å². The Morgan fingerprint density at radius 3 is 1.88 bits per heavy atom. The van der Waals surface area contributed by atoms with Crippen LogP contribution >= 0.6 is 0 Å². The van der Waals surface area contributed by atoms with E-state index in [1.807, 2.05) is 60.7 Å². The van der Waals surface area contributed by atoms with Crippen molar-refractivity contribution in [3.8, 4) is 0 Å². The summed E-state index contributed by atoms with van der Waals surface area (Å²) in [5.74, 6) is -0.291. The average Bonchev–Trinajstić information content (AvgIpc) is 2.69. The zero-order chi connectivity index (χ0) is 18.4. The van der Waals surface area contributed by atoms with Crippen LogP contribution in [0, 0.1) is 5.92 Å². The highest BCUT2D eigenvalue weighted by atomic mass is 16.2. The van der Waals surface area contributed by atoms with Crippen molar-refractivity contribution in [2.24, 2.45) is 16.8 Å². The molecule has 26 heavy (non-hydrogen) atoms. The number of amides is 3. The molecule has 0 spiro atoms. The van der Waals surface area contributed by atoms with E-state index in [4.69, 9.17) is 5.73 Å². The molecule has 0 bridgehead atoms. The Bertz CT molecular complexity index is 740. The third-order valence-corrected chi connectivity index (χ3v) is 4.55. The van der Waals surface area contributed by atoms with Crippen LogP contribution in [0.25, 0.3) is 0 Å². The van der Waals surface area contributed by atoms with Gasteiger partial charge in [-0.1, -0.05) is 60.7 Å². The number of urea groups is 1. The lowest BCUT2D eigenvalue weighted by Crippen LogP contribution is -2.44. The van der Waals surface area contributed by atoms with Crippen molar-refractivity contribution in [3.63, 3.8) is 0 Å². The summed E-state index contributed by atoms with van der Waals surface area (Å²) in [6, 6.07) is 19.1. The molecule has 0 saturated carbocycles. The number of nitrogens with zero attached hydrogens (tertiary/aromatic N) is 2. The Labute approximate surface area is 152 Å². The van der Waals surface area contributed by atoms with Gasteiger partial charge in [-0.2, -0.15) is 5.10 Å². The summed E-state index contributed by atoms with van der Waals surface area (Å²) in [6.45, 7) is 1.00. The minimum atomic E-state index is -0.433. The minimum Gasteiger partial charge on any atom is -0.351 e. The summed E-state index contributed by atoms with van der Waals surface area (Å²) < 4.78 is 0. The fraction of sp³-hybridized carbons (Fsp3) is 0.250. The predicted octanol–water partition coefficient (Wildman–Crippen LogP) is 2.35. The van der Waals surface area contributed by atoms with Gasteiger partial charge >= 0.3 is 6.03 Å². The van der Waals surface area contributed by atoms with Crippen LogP contribution in [0.15, 0.2) is 65.8 Å². The number of nitrogens with two attached hydrogens (primary N) is 1. The molecule has 1 saturated heterocycles. The van der Waals surface area contributed by atoms with Crippen LogP contribution in [0.3, 0.4) is 0 Å². The van der Waals surface area contributed by atoms with Gasteiger partial charge in [0.2, 0.25) is 5.91 Å². The van der Waals surface area contributed by atoms with E-state index < -0.39 is 6.03 Å². The number of benzene rings is 2. The van der Waals surface area contributed by atoms with Crippen LogP contribution in [-0.2, 0) is 4.79 Å². The van der Waals surface area contributed by atoms with Crippen LogP contribution in [0.4, 0.5) is 4.79 Å². The van der Waals surface area contributed by atoms with E-state index in [0.29, 0.717) is 31.6 Å². The zero-order valence-electron chi connectivity index (χ0n) is 14.5. The highest BCUT2D eigenvalue weighted by Crippen LogP contribution is 2.17.